The smallest absolute Gasteiger partial charge is 0.307 e. The van der Waals surface area contributed by atoms with Crippen LogP contribution in [0.5, 0.6) is 0 Å². The summed E-state index contributed by atoms with van der Waals surface area (Å²) in [6, 6.07) is 1.75. The van der Waals surface area contributed by atoms with E-state index in [1.165, 1.54) is 6.20 Å². The Hall–Kier alpha value is -1.74. The number of hydrogen-bond acceptors (Lipinski definition) is 5. The monoisotopic (exact) mass is 273 g/mol. The van der Waals surface area contributed by atoms with Crippen LogP contribution < -0.4 is 10.6 Å². The fourth-order valence-corrected chi connectivity index (χ4v) is 1.08. The molecule has 0 saturated heterocycles. The molecule has 0 bridgehead atoms. The standard InChI is InChI=1S/C11H16ClN3O3/c1-2-18-10(16)3-5-14-8-9(7-13)11(17)15-6-4-12/h8,14H,2-6H2,1H3,(H,15,17)/b9-8-. The van der Waals surface area contributed by atoms with Gasteiger partial charge in [0.2, 0.25) is 0 Å². The van der Waals surface area contributed by atoms with Crippen molar-refractivity contribution in [1.82, 2.24) is 10.6 Å². The average Bonchev–Trinajstić information content (AvgIpc) is 2.36. The van der Waals surface area contributed by atoms with E-state index in [0.29, 0.717) is 19.7 Å². The fraction of sp³-hybridized carbons (Fsp3) is 0.545. The van der Waals surface area contributed by atoms with E-state index >= 15 is 0 Å². The third kappa shape index (κ3) is 7.52. The lowest BCUT2D eigenvalue weighted by Gasteiger charge is -2.03. The Bertz CT molecular complexity index is 350. The highest BCUT2D eigenvalue weighted by molar-refractivity contribution is 6.18. The molecule has 0 unspecified atom stereocenters. The van der Waals surface area contributed by atoms with Crippen LogP contribution in [0.4, 0.5) is 0 Å². The van der Waals surface area contributed by atoms with Gasteiger partial charge in [0.05, 0.1) is 13.0 Å². The molecule has 0 aliphatic heterocycles. The topological polar surface area (TPSA) is 91.2 Å². The summed E-state index contributed by atoms with van der Waals surface area (Å²) in [5, 5.41) is 13.9. The number of amides is 1. The van der Waals surface area contributed by atoms with E-state index < -0.39 is 5.91 Å². The Morgan fingerprint density at radius 1 is 1.44 bits per heavy atom. The maximum absolute atomic E-state index is 11.4. The summed E-state index contributed by atoms with van der Waals surface area (Å²) in [6.45, 7) is 2.65. The van der Waals surface area contributed by atoms with Crippen molar-refractivity contribution in [2.45, 2.75) is 13.3 Å². The molecule has 0 spiro atoms. The van der Waals surface area contributed by atoms with Gasteiger partial charge in [-0.15, -0.1) is 11.6 Å². The van der Waals surface area contributed by atoms with Crippen LogP contribution in [0.3, 0.4) is 0 Å². The molecular weight excluding hydrogens is 258 g/mol. The van der Waals surface area contributed by atoms with Crippen molar-refractivity contribution in [1.29, 1.82) is 5.26 Å². The first-order valence-electron chi connectivity index (χ1n) is 5.49. The van der Waals surface area contributed by atoms with Crippen molar-refractivity contribution in [2.75, 3.05) is 25.6 Å². The van der Waals surface area contributed by atoms with Gasteiger partial charge < -0.3 is 15.4 Å². The Morgan fingerprint density at radius 3 is 2.72 bits per heavy atom. The molecule has 0 aromatic rings. The molecule has 2 N–H and O–H groups in total. The summed E-state index contributed by atoms with van der Waals surface area (Å²) < 4.78 is 4.72. The first-order valence-corrected chi connectivity index (χ1v) is 6.02. The minimum absolute atomic E-state index is 0.0658. The minimum Gasteiger partial charge on any atom is -0.466 e. The van der Waals surface area contributed by atoms with E-state index in [1.807, 2.05) is 0 Å². The van der Waals surface area contributed by atoms with Crippen LogP contribution in [0.15, 0.2) is 11.8 Å². The highest BCUT2D eigenvalue weighted by Crippen LogP contribution is 1.91. The molecule has 1 amide bonds. The zero-order valence-corrected chi connectivity index (χ0v) is 10.9. The number of halogens is 1. The minimum atomic E-state index is -0.498. The number of carbonyl (C=O) groups is 2. The summed E-state index contributed by atoms with van der Waals surface area (Å²) in [7, 11) is 0. The molecule has 0 fully saturated rings. The molecule has 100 valence electrons. The Morgan fingerprint density at radius 2 is 2.17 bits per heavy atom. The Labute approximate surface area is 111 Å². The molecule has 7 heteroatoms. The molecule has 18 heavy (non-hydrogen) atoms. The fourth-order valence-electron chi connectivity index (χ4n) is 0.986. The predicted molar refractivity (Wildman–Crippen MR) is 66.7 cm³/mol. The molecular formula is C11H16ClN3O3. The molecule has 0 heterocycles. The van der Waals surface area contributed by atoms with E-state index in [9.17, 15) is 9.59 Å². The first kappa shape index (κ1) is 16.3. The molecule has 0 aliphatic carbocycles. The zero-order valence-electron chi connectivity index (χ0n) is 10.2. The van der Waals surface area contributed by atoms with Crippen molar-refractivity contribution < 1.29 is 14.3 Å². The second-order valence-electron chi connectivity index (χ2n) is 3.12. The van der Waals surface area contributed by atoms with Gasteiger partial charge in [-0.2, -0.15) is 5.26 Å². The highest BCUT2D eigenvalue weighted by Gasteiger charge is 2.07. The summed E-state index contributed by atoms with van der Waals surface area (Å²) in [5.41, 5.74) is -0.0658. The number of nitriles is 1. The summed E-state index contributed by atoms with van der Waals surface area (Å²) in [5.74, 6) is -0.550. The van der Waals surface area contributed by atoms with Crippen LogP contribution in [0.2, 0.25) is 0 Å². The SMILES string of the molecule is CCOC(=O)CCN/C=C(/C#N)C(=O)NCCCl. The highest BCUT2D eigenvalue weighted by atomic mass is 35.5. The molecule has 0 saturated carbocycles. The molecule has 0 radical (unpaired) electrons. The van der Waals surface area contributed by atoms with Crippen LogP contribution in [0.25, 0.3) is 0 Å². The zero-order chi connectivity index (χ0) is 13.8. The summed E-state index contributed by atoms with van der Waals surface area (Å²) in [6.07, 6.45) is 1.44. The molecule has 0 aromatic heterocycles. The van der Waals surface area contributed by atoms with Gasteiger partial charge in [0.25, 0.3) is 5.91 Å². The number of nitrogens with one attached hydrogen (secondary N) is 2. The van der Waals surface area contributed by atoms with Crippen LogP contribution in [0, 0.1) is 11.3 Å². The van der Waals surface area contributed by atoms with E-state index in [1.54, 1.807) is 13.0 Å². The number of ether oxygens (including phenoxy) is 1. The number of carbonyl (C=O) groups excluding carboxylic acids is 2. The number of rotatable bonds is 8. The maximum Gasteiger partial charge on any atom is 0.307 e. The number of esters is 1. The van der Waals surface area contributed by atoms with Gasteiger partial charge in [-0.25, -0.2) is 0 Å². The first-order chi connectivity index (χ1) is 8.65. The maximum atomic E-state index is 11.4. The second-order valence-corrected chi connectivity index (χ2v) is 3.50. The van der Waals surface area contributed by atoms with Gasteiger partial charge in [0.15, 0.2) is 0 Å². The predicted octanol–water partition coefficient (Wildman–Crippen LogP) is 0.292. The van der Waals surface area contributed by atoms with Gasteiger partial charge in [-0.1, -0.05) is 0 Å². The van der Waals surface area contributed by atoms with Crippen LogP contribution in [0.1, 0.15) is 13.3 Å². The van der Waals surface area contributed by atoms with E-state index in [2.05, 4.69) is 10.6 Å². The number of alkyl halides is 1. The summed E-state index contributed by atoms with van der Waals surface area (Å²) in [4.78, 5) is 22.4. The van der Waals surface area contributed by atoms with Crippen LogP contribution in [-0.4, -0.2) is 37.5 Å². The number of nitrogens with zero attached hydrogens (tertiary/aromatic N) is 1. The van der Waals surface area contributed by atoms with Crippen molar-refractivity contribution in [3.05, 3.63) is 11.8 Å². The normalized spacial score (nSPS) is 10.4. The van der Waals surface area contributed by atoms with Gasteiger partial charge in [-0.3, -0.25) is 9.59 Å². The van der Waals surface area contributed by atoms with Crippen molar-refractivity contribution in [3.8, 4) is 6.07 Å². The van der Waals surface area contributed by atoms with E-state index in [-0.39, 0.29) is 23.8 Å². The second kappa shape index (κ2) is 10.4. The van der Waals surface area contributed by atoms with Crippen LogP contribution in [-0.2, 0) is 14.3 Å². The van der Waals surface area contributed by atoms with Crippen molar-refractivity contribution in [3.63, 3.8) is 0 Å². The molecule has 0 rings (SSSR count). The quantitative estimate of drug-likeness (QED) is 0.218. The van der Waals surface area contributed by atoms with E-state index in [0.717, 1.165) is 0 Å². The third-order valence-corrected chi connectivity index (χ3v) is 1.96. The Kier molecular flexibility index (Phi) is 9.41. The van der Waals surface area contributed by atoms with Gasteiger partial charge in [-0.05, 0) is 6.92 Å². The molecule has 6 nitrogen and oxygen atoms in total. The third-order valence-electron chi connectivity index (χ3n) is 1.77. The summed E-state index contributed by atoms with van der Waals surface area (Å²) >= 11 is 5.40. The lowest BCUT2D eigenvalue weighted by atomic mass is 10.3. The Balaban J connectivity index is 4.02. The lowest BCUT2D eigenvalue weighted by Crippen LogP contribution is -2.27. The average molecular weight is 274 g/mol. The van der Waals surface area contributed by atoms with Crippen molar-refractivity contribution >= 4 is 23.5 Å². The largest absolute Gasteiger partial charge is 0.466 e. The number of hydrogen-bond donors (Lipinski definition) is 2. The van der Waals surface area contributed by atoms with Gasteiger partial charge in [0.1, 0.15) is 11.6 Å². The van der Waals surface area contributed by atoms with Gasteiger partial charge in [0, 0.05) is 25.2 Å². The molecule has 0 aliphatic rings. The van der Waals surface area contributed by atoms with Crippen molar-refractivity contribution in [2.24, 2.45) is 0 Å². The lowest BCUT2D eigenvalue weighted by molar-refractivity contribution is -0.142. The van der Waals surface area contributed by atoms with E-state index in [4.69, 9.17) is 21.6 Å². The molecule has 0 aromatic carbocycles. The van der Waals surface area contributed by atoms with Gasteiger partial charge >= 0.3 is 5.97 Å². The molecule has 0 atom stereocenters. The van der Waals surface area contributed by atoms with Crippen LogP contribution >= 0.6 is 11.6 Å².